The van der Waals surface area contributed by atoms with E-state index in [9.17, 15) is 13.2 Å². The van der Waals surface area contributed by atoms with E-state index in [2.05, 4.69) is 43.8 Å². The highest BCUT2D eigenvalue weighted by Crippen LogP contribution is 2.36. The quantitative estimate of drug-likeness (QED) is 0.518. The number of aromatic amines is 1. The lowest BCUT2D eigenvalue weighted by Gasteiger charge is -2.41. The number of para-hydroxylation sites is 1. The van der Waals surface area contributed by atoms with Gasteiger partial charge in [-0.2, -0.15) is 13.2 Å². The van der Waals surface area contributed by atoms with Crippen LogP contribution in [0.1, 0.15) is 12.5 Å². The molecule has 0 aliphatic carbocycles. The predicted octanol–water partition coefficient (Wildman–Crippen LogP) is 5.71. The maximum atomic E-state index is 13.0. The van der Waals surface area contributed by atoms with Crippen LogP contribution in [0.5, 0.6) is 0 Å². The van der Waals surface area contributed by atoms with Gasteiger partial charge < -0.3 is 14.8 Å². The molecule has 3 aromatic rings. The Balaban J connectivity index is 1.60. The highest BCUT2D eigenvalue weighted by atomic mass is 79.9. The van der Waals surface area contributed by atoms with Crippen LogP contribution in [0.4, 0.5) is 24.8 Å². The van der Waals surface area contributed by atoms with Crippen molar-refractivity contribution < 1.29 is 13.2 Å². The van der Waals surface area contributed by atoms with Crippen LogP contribution >= 0.6 is 27.5 Å². The van der Waals surface area contributed by atoms with Crippen molar-refractivity contribution in [2.24, 2.45) is 0 Å². The molecule has 0 radical (unpaired) electrons. The third kappa shape index (κ3) is 3.55. The molecule has 1 aliphatic heterocycles. The lowest BCUT2D eigenvalue weighted by molar-refractivity contribution is -0.137. The fraction of sp³-hybridized carbons (Fsp3) is 0.316. The number of hydrogen-bond donors (Lipinski definition) is 1. The van der Waals surface area contributed by atoms with Crippen molar-refractivity contribution in [3.05, 3.63) is 51.5 Å². The molecule has 1 fully saturated rings. The summed E-state index contributed by atoms with van der Waals surface area (Å²) in [6.07, 6.45) is -4.46. The summed E-state index contributed by atoms with van der Waals surface area (Å²) in [6.45, 7) is 4.26. The number of nitrogens with zero attached hydrogens (tertiary/aromatic N) is 3. The second kappa shape index (κ2) is 7.15. The monoisotopic (exact) mass is 472 g/mol. The number of alkyl halides is 3. The molecule has 1 atom stereocenters. The minimum absolute atomic E-state index is 0.0171. The number of hydrogen-bond acceptors (Lipinski definition) is 3. The topological polar surface area (TPSA) is 35.2 Å². The maximum Gasteiger partial charge on any atom is 0.416 e. The number of imidazole rings is 1. The first kappa shape index (κ1) is 19.4. The zero-order chi connectivity index (χ0) is 20.1. The summed E-state index contributed by atoms with van der Waals surface area (Å²) in [5.74, 6) is 0.537. The van der Waals surface area contributed by atoms with Gasteiger partial charge in [0.1, 0.15) is 0 Å². The Morgan fingerprint density at radius 3 is 2.64 bits per heavy atom. The van der Waals surface area contributed by atoms with Crippen LogP contribution in [-0.4, -0.2) is 35.6 Å². The summed E-state index contributed by atoms with van der Waals surface area (Å²) in [4.78, 5) is 11.8. The summed E-state index contributed by atoms with van der Waals surface area (Å²) >= 11 is 9.66. The first-order chi connectivity index (χ1) is 13.2. The molecular formula is C19H17BrClF3N4. The summed E-state index contributed by atoms with van der Waals surface area (Å²) in [6, 6.07) is 10.2. The first-order valence-electron chi connectivity index (χ1n) is 8.76. The minimum atomic E-state index is -4.46. The number of H-pyrrole nitrogens is 1. The predicted molar refractivity (Wildman–Crippen MR) is 109 cm³/mol. The number of fused-ring (bicyclic) bond motifs is 1. The molecule has 148 valence electrons. The van der Waals surface area contributed by atoms with Gasteiger partial charge in [0, 0.05) is 30.1 Å². The van der Waals surface area contributed by atoms with Crippen LogP contribution < -0.4 is 9.80 Å². The van der Waals surface area contributed by atoms with Crippen molar-refractivity contribution in [3.8, 4) is 0 Å². The van der Waals surface area contributed by atoms with E-state index < -0.39 is 11.7 Å². The molecular weight excluding hydrogens is 457 g/mol. The molecule has 9 heteroatoms. The van der Waals surface area contributed by atoms with Crippen molar-refractivity contribution >= 4 is 50.2 Å². The van der Waals surface area contributed by atoms with E-state index in [1.807, 2.05) is 23.1 Å². The maximum absolute atomic E-state index is 13.0. The fourth-order valence-electron chi connectivity index (χ4n) is 3.56. The molecule has 0 unspecified atom stereocenters. The van der Waals surface area contributed by atoms with Crippen LogP contribution in [0, 0.1) is 0 Å². The molecule has 1 aromatic heterocycles. The van der Waals surface area contributed by atoms with E-state index in [1.165, 1.54) is 0 Å². The summed E-state index contributed by atoms with van der Waals surface area (Å²) in [5, 5.41) is 0.0171. The molecule has 1 saturated heterocycles. The lowest BCUT2D eigenvalue weighted by atomic mass is 10.1. The van der Waals surface area contributed by atoms with Crippen molar-refractivity contribution in [3.63, 3.8) is 0 Å². The number of piperazine rings is 1. The molecule has 0 amide bonds. The zero-order valence-electron chi connectivity index (χ0n) is 14.9. The molecule has 28 heavy (non-hydrogen) atoms. The third-order valence-electron chi connectivity index (χ3n) is 4.95. The number of benzene rings is 2. The third-order valence-corrected chi connectivity index (χ3v) is 5.92. The average molecular weight is 474 g/mol. The van der Waals surface area contributed by atoms with Crippen molar-refractivity contribution in [1.29, 1.82) is 0 Å². The van der Waals surface area contributed by atoms with E-state index in [-0.39, 0.29) is 16.6 Å². The zero-order valence-corrected chi connectivity index (χ0v) is 17.2. The Kier molecular flexibility index (Phi) is 4.95. The summed E-state index contributed by atoms with van der Waals surface area (Å²) < 4.78 is 40.1. The van der Waals surface area contributed by atoms with E-state index in [1.54, 1.807) is 0 Å². The highest BCUT2D eigenvalue weighted by molar-refractivity contribution is 9.10. The van der Waals surface area contributed by atoms with Crippen molar-refractivity contribution in [1.82, 2.24) is 9.97 Å². The van der Waals surface area contributed by atoms with Gasteiger partial charge in [-0.25, -0.2) is 4.98 Å². The van der Waals surface area contributed by atoms with E-state index in [0.29, 0.717) is 24.6 Å². The van der Waals surface area contributed by atoms with Crippen LogP contribution in [0.3, 0.4) is 0 Å². The number of nitrogens with one attached hydrogen (secondary N) is 1. The highest BCUT2D eigenvalue weighted by Gasteiger charge is 2.32. The number of halogens is 5. The summed E-state index contributed by atoms with van der Waals surface area (Å²) in [7, 11) is 0. The molecule has 4 nitrogen and oxygen atoms in total. The SMILES string of the molecule is C[C@@H]1CN(c2nc3cc(C(F)(F)F)cc(Cl)c3[nH]2)CCN1c1ccccc1Br. The Labute approximate surface area is 173 Å². The smallest absolute Gasteiger partial charge is 0.364 e. The number of anilines is 2. The van der Waals surface area contributed by atoms with Crippen LogP contribution in [0.25, 0.3) is 11.0 Å². The van der Waals surface area contributed by atoms with Crippen LogP contribution in [0.15, 0.2) is 40.9 Å². The normalized spacial score (nSPS) is 18.1. The Hall–Kier alpha value is -1.93. The fourth-order valence-corrected chi connectivity index (χ4v) is 4.34. The van der Waals surface area contributed by atoms with Gasteiger partial charge in [0.05, 0.1) is 27.3 Å². The van der Waals surface area contributed by atoms with E-state index in [0.717, 1.165) is 28.8 Å². The standard InChI is InChI=1S/C19H17BrClF3N4/c1-11-10-27(6-7-28(11)16-5-3-2-4-13(16)20)18-25-15-9-12(19(22,23)24)8-14(21)17(15)26-18/h2-5,8-9,11H,6-7,10H2,1H3,(H,25,26)/t11-/m1/s1. The van der Waals surface area contributed by atoms with E-state index >= 15 is 0 Å². The molecule has 0 bridgehead atoms. The van der Waals surface area contributed by atoms with Gasteiger partial charge in [-0.3, -0.25) is 0 Å². The molecule has 1 N–H and O–H groups in total. The molecule has 4 rings (SSSR count). The van der Waals surface area contributed by atoms with Gasteiger partial charge in [-0.15, -0.1) is 0 Å². The molecule has 1 aliphatic rings. The Morgan fingerprint density at radius 2 is 1.96 bits per heavy atom. The Morgan fingerprint density at radius 1 is 1.21 bits per heavy atom. The largest absolute Gasteiger partial charge is 0.416 e. The van der Waals surface area contributed by atoms with Crippen LogP contribution in [-0.2, 0) is 6.18 Å². The summed E-state index contributed by atoms with van der Waals surface area (Å²) in [5.41, 5.74) is 0.966. The first-order valence-corrected chi connectivity index (χ1v) is 9.93. The van der Waals surface area contributed by atoms with Gasteiger partial charge in [-0.1, -0.05) is 23.7 Å². The molecule has 0 spiro atoms. The second-order valence-electron chi connectivity index (χ2n) is 6.85. The lowest BCUT2D eigenvalue weighted by Crippen LogP contribution is -2.52. The van der Waals surface area contributed by atoms with E-state index in [4.69, 9.17) is 11.6 Å². The number of rotatable bonds is 2. The van der Waals surface area contributed by atoms with Gasteiger partial charge in [0.25, 0.3) is 0 Å². The molecule has 2 aromatic carbocycles. The average Bonchev–Trinajstić information content (AvgIpc) is 3.07. The molecule has 2 heterocycles. The number of aromatic nitrogens is 2. The Bertz CT molecular complexity index is 1020. The second-order valence-corrected chi connectivity index (χ2v) is 8.11. The van der Waals surface area contributed by atoms with Crippen molar-refractivity contribution in [2.75, 3.05) is 29.4 Å². The minimum Gasteiger partial charge on any atom is -0.364 e. The van der Waals surface area contributed by atoms with Gasteiger partial charge >= 0.3 is 6.18 Å². The molecule has 0 saturated carbocycles. The van der Waals surface area contributed by atoms with Gasteiger partial charge in [0.15, 0.2) is 0 Å². The van der Waals surface area contributed by atoms with Gasteiger partial charge in [-0.05, 0) is 47.1 Å². The van der Waals surface area contributed by atoms with Crippen LogP contribution in [0.2, 0.25) is 5.02 Å². The van der Waals surface area contributed by atoms with Gasteiger partial charge in [0.2, 0.25) is 5.95 Å². The van der Waals surface area contributed by atoms with Crippen molar-refractivity contribution in [2.45, 2.75) is 19.1 Å².